The van der Waals surface area contributed by atoms with E-state index in [1.165, 1.54) is 33.1 Å². The topological polar surface area (TPSA) is 93.1 Å². The van der Waals surface area contributed by atoms with E-state index in [0.29, 0.717) is 0 Å². The van der Waals surface area contributed by atoms with Crippen molar-refractivity contribution < 1.29 is 29.3 Å². The summed E-state index contributed by atoms with van der Waals surface area (Å²) in [6.45, 7) is 2.53. The van der Waals surface area contributed by atoms with E-state index in [1.807, 2.05) is 0 Å². The second kappa shape index (κ2) is 5.05. The fourth-order valence-corrected chi connectivity index (χ4v) is 1.11. The lowest BCUT2D eigenvalue weighted by Crippen LogP contribution is -2.35. The first-order valence-corrected chi connectivity index (χ1v) is 5.11. The molecule has 0 saturated carbocycles. The van der Waals surface area contributed by atoms with Gasteiger partial charge in [-0.25, -0.2) is 9.59 Å². The molecule has 0 amide bonds. The molecule has 1 aromatic carbocycles. The molecule has 6 heteroatoms. The molecule has 0 spiro atoms. The number of benzene rings is 1. The molecule has 98 valence electrons. The monoisotopic (exact) mass is 254 g/mol. The van der Waals surface area contributed by atoms with Crippen molar-refractivity contribution in [1.29, 1.82) is 0 Å². The van der Waals surface area contributed by atoms with Crippen molar-refractivity contribution in [3.05, 3.63) is 23.8 Å². The van der Waals surface area contributed by atoms with Gasteiger partial charge in [0.05, 0.1) is 12.7 Å². The first kappa shape index (κ1) is 14.0. The average Bonchev–Trinajstić information content (AvgIpc) is 2.27. The highest BCUT2D eigenvalue weighted by atomic mass is 16.6. The van der Waals surface area contributed by atoms with Gasteiger partial charge in [-0.05, 0) is 32.0 Å². The quantitative estimate of drug-likeness (QED) is 0.616. The third kappa shape index (κ3) is 3.21. The average molecular weight is 254 g/mol. The number of hydrogen-bond donors (Lipinski definition) is 2. The predicted octanol–water partition coefficient (Wildman–Crippen LogP) is 1.07. The Bertz CT molecular complexity index is 472. The number of esters is 1. The molecule has 1 rings (SSSR count). The van der Waals surface area contributed by atoms with Crippen molar-refractivity contribution in [1.82, 2.24) is 0 Å². The number of aromatic carboxylic acids is 1. The third-order valence-corrected chi connectivity index (χ3v) is 2.11. The maximum absolute atomic E-state index is 11.5. The molecule has 1 aromatic rings. The zero-order valence-electron chi connectivity index (χ0n) is 10.3. The van der Waals surface area contributed by atoms with Gasteiger partial charge in [-0.3, -0.25) is 0 Å². The van der Waals surface area contributed by atoms with E-state index < -0.39 is 17.5 Å². The molecule has 6 nitrogen and oxygen atoms in total. The van der Waals surface area contributed by atoms with Crippen molar-refractivity contribution in [3.8, 4) is 11.5 Å². The van der Waals surface area contributed by atoms with Crippen LogP contribution in [0.25, 0.3) is 0 Å². The van der Waals surface area contributed by atoms with Crippen LogP contribution in [0.3, 0.4) is 0 Å². The third-order valence-electron chi connectivity index (χ3n) is 2.11. The highest BCUT2D eigenvalue weighted by Crippen LogP contribution is 2.29. The molecule has 2 N–H and O–H groups in total. The number of carbonyl (C=O) groups excluding carboxylic acids is 1. The van der Waals surface area contributed by atoms with Crippen molar-refractivity contribution in [2.75, 3.05) is 7.11 Å². The van der Waals surface area contributed by atoms with Crippen LogP contribution in [0.4, 0.5) is 0 Å². The van der Waals surface area contributed by atoms with Crippen LogP contribution >= 0.6 is 0 Å². The minimum absolute atomic E-state index is 0.0469. The fourth-order valence-electron chi connectivity index (χ4n) is 1.11. The summed E-state index contributed by atoms with van der Waals surface area (Å²) < 4.78 is 9.86. The number of aliphatic hydroxyl groups is 1. The summed E-state index contributed by atoms with van der Waals surface area (Å²) in [4.78, 5) is 22.3. The van der Waals surface area contributed by atoms with Crippen LogP contribution in [0.5, 0.6) is 11.5 Å². The van der Waals surface area contributed by atoms with Crippen LogP contribution in [0.15, 0.2) is 18.2 Å². The summed E-state index contributed by atoms with van der Waals surface area (Å²) >= 11 is 0. The number of ether oxygens (including phenoxy) is 2. The molecule has 0 aliphatic heterocycles. The van der Waals surface area contributed by atoms with E-state index in [1.54, 1.807) is 0 Å². The van der Waals surface area contributed by atoms with Gasteiger partial charge >= 0.3 is 11.9 Å². The van der Waals surface area contributed by atoms with Gasteiger partial charge in [0.1, 0.15) is 0 Å². The van der Waals surface area contributed by atoms with Crippen LogP contribution < -0.4 is 9.47 Å². The van der Waals surface area contributed by atoms with E-state index in [-0.39, 0.29) is 17.1 Å². The Morgan fingerprint density at radius 1 is 1.22 bits per heavy atom. The molecule has 0 radical (unpaired) electrons. The number of carboxylic acids is 1. The Morgan fingerprint density at radius 2 is 1.83 bits per heavy atom. The van der Waals surface area contributed by atoms with Gasteiger partial charge < -0.3 is 19.7 Å². The van der Waals surface area contributed by atoms with Gasteiger partial charge in [0.15, 0.2) is 17.1 Å². The number of rotatable bonds is 4. The molecular weight excluding hydrogens is 240 g/mol. The van der Waals surface area contributed by atoms with Crippen LogP contribution in [0.2, 0.25) is 0 Å². The molecule has 0 fully saturated rings. The predicted molar refractivity (Wildman–Crippen MR) is 61.9 cm³/mol. The Balaban J connectivity index is 3.09. The number of hydrogen-bond acceptors (Lipinski definition) is 5. The largest absolute Gasteiger partial charge is 0.493 e. The van der Waals surface area contributed by atoms with Crippen LogP contribution in [0.1, 0.15) is 24.2 Å². The lowest BCUT2D eigenvalue weighted by molar-refractivity contribution is -0.151. The van der Waals surface area contributed by atoms with E-state index in [0.717, 1.165) is 6.07 Å². The van der Waals surface area contributed by atoms with E-state index >= 15 is 0 Å². The van der Waals surface area contributed by atoms with Crippen molar-refractivity contribution in [2.45, 2.75) is 19.4 Å². The molecule has 0 aromatic heterocycles. The molecule has 0 atom stereocenters. The second-order valence-electron chi connectivity index (χ2n) is 4.12. The van der Waals surface area contributed by atoms with Crippen molar-refractivity contribution >= 4 is 11.9 Å². The Morgan fingerprint density at radius 3 is 2.28 bits per heavy atom. The minimum atomic E-state index is -1.68. The Kier molecular flexibility index (Phi) is 3.93. The number of carbonyl (C=O) groups is 2. The van der Waals surface area contributed by atoms with Crippen LogP contribution in [-0.2, 0) is 4.79 Å². The van der Waals surface area contributed by atoms with E-state index in [9.17, 15) is 14.7 Å². The van der Waals surface area contributed by atoms with E-state index in [2.05, 4.69) is 0 Å². The zero-order valence-corrected chi connectivity index (χ0v) is 10.3. The first-order valence-electron chi connectivity index (χ1n) is 5.11. The van der Waals surface area contributed by atoms with Gasteiger partial charge in [0.2, 0.25) is 0 Å². The first-order chi connectivity index (χ1) is 8.25. The summed E-state index contributed by atoms with van der Waals surface area (Å²) in [5.41, 5.74) is -1.72. The molecule has 0 aliphatic rings. The lowest BCUT2D eigenvalue weighted by atomic mass is 10.1. The maximum atomic E-state index is 11.5. The maximum Gasteiger partial charge on any atom is 0.343 e. The zero-order chi connectivity index (χ0) is 13.9. The van der Waals surface area contributed by atoms with Gasteiger partial charge in [0.25, 0.3) is 0 Å². The fraction of sp³-hybridized carbons (Fsp3) is 0.333. The highest BCUT2D eigenvalue weighted by molar-refractivity contribution is 5.89. The molecule has 0 saturated heterocycles. The van der Waals surface area contributed by atoms with Crippen LogP contribution in [0, 0.1) is 0 Å². The number of carboxylic acid groups (broad SMARTS) is 1. The normalized spacial score (nSPS) is 10.9. The number of methoxy groups -OCH3 is 1. The molecule has 0 aliphatic carbocycles. The van der Waals surface area contributed by atoms with Gasteiger partial charge in [-0.1, -0.05) is 0 Å². The minimum Gasteiger partial charge on any atom is -0.493 e. The van der Waals surface area contributed by atoms with Gasteiger partial charge in [-0.2, -0.15) is 0 Å². The Labute approximate surface area is 104 Å². The lowest BCUT2D eigenvalue weighted by Gasteiger charge is -2.16. The Hall–Kier alpha value is -2.08. The smallest absolute Gasteiger partial charge is 0.343 e. The van der Waals surface area contributed by atoms with Crippen LogP contribution in [-0.4, -0.2) is 34.9 Å². The van der Waals surface area contributed by atoms with Gasteiger partial charge in [-0.15, -0.1) is 0 Å². The SMILES string of the molecule is COc1ccc(C(=O)O)cc1OC(=O)C(C)(C)O. The van der Waals surface area contributed by atoms with Gasteiger partial charge in [0, 0.05) is 0 Å². The van der Waals surface area contributed by atoms with Crippen molar-refractivity contribution in [2.24, 2.45) is 0 Å². The summed E-state index contributed by atoms with van der Waals surface area (Å²) in [7, 11) is 1.36. The standard InChI is InChI=1S/C12H14O6/c1-12(2,16)11(15)18-9-6-7(10(13)14)4-5-8(9)17-3/h4-6,16H,1-3H3,(H,13,14). The summed E-state index contributed by atoms with van der Waals surface area (Å²) in [6, 6.07) is 3.85. The summed E-state index contributed by atoms with van der Waals surface area (Å²) in [5, 5.41) is 18.3. The molecular formula is C12H14O6. The van der Waals surface area contributed by atoms with E-state index in [4.69, 9.17) is 14.6 Å². The molecule has 18 heavy (non-hydrogen) atoms. The van der Waals surface area contributed by atoms with Crippen molar-refractivity contribution in [3.63, 3.8) is 0 Å². The highest BCUT2D eigenvalue weighted by Gasteiger charge is 2.27. The molecule has 0 heterocycles. The second-order valence-corrected chi connectivity index (χ2v) is 4.12. The summed E-state index contributed by atoms with van der Waals surface area (Å²) in [6.07, 6.45) is 0. The summed E-state index contributed by atoms with van der Waals surface area (Å²) in [5.74, 6) is -1.90. The molecule has 0 bridgehead atoms. The molecule has 0 unspecified atom stereocenters.